The van der Waals surface area contributed by atoms with Crippen molar-refractivity contribution >= 4 is 29.1 Å². The van der Waals surface area contributed by atoms with E-state index in [1.165, 1.54) is 12.1 Å². The predicted octanol–water partition coefficient (Wildman–Crippen LogP) is 3.04. The predicted molar refractivity (Wildman–Crippen MR) is 59.9 cm³/mol. The van der Waals surface area contributed by atoms with Crippen LogP contribution < -0.4 is 5.32 Å². The number of anilines is 1. The molecule has 0 aliphatic heterocycles. The number of hydrogen-bond donors (Lipinski definition) is 1. The molecule has 2 rings (SSSR count). The molecule has 78 valence electrons. The molecule has 1 N–H and O–H groups in total. The molecule has 0 amide bonds. The van der Waals surface area contributed by atoms with E-state index in [0.717, 1.165) is 17.3 Å². The maximum Gasteiger partial charge on any atom is 0.167 e. The van der Waals surface area contributed by atoms with Crippen LogP contribution in [0.2, 0.25) is 5.02 Å². The molecule has 0 unspecified atom stereocenters. The van der Waals surface area contributed by atoms with Crippen molar-refractivity contribution < 1.29 is 4.39 Å². The third-order valence-electron chi connectivity index (χ3n) is 1.92. The van der Waals surface area contributed by atoms with E-state index < -0.39 is 5.82 Å². The molecule has 1 aromatic carbocycles. The largest absolute Gasteiger partial charge is 0.370 e. The van der Waals surface area contributed by atoms with E-state index in [-0.39, 0.29) is 5.02 Å². The number of rotatable bonds is 2. The van der Waals surface area contributed by atoms with Gasteiger partial charge in [0.1, 0.15) is 11.5 Å². The summed E-state index contributed by atoms with van der Waals surface area (Å²) in [5, 5.41) is 2.99. The van der Waals surface area contributed by atoms with Crippen LogP contribution in [0, 0.1) is 5.82 Å². The standard InChI is InChI=1S/C9H7ClFN3S/c1-12-9-8(13-15-14-9)5-2-3-7(11)6(10)4-5/h2-4H,1H3,(H,12,14). The van der Waals surface area contributed by atoms with Gasteiger partial charge in [0.25, 0.3) is 0 Å². The molecule has 0 fully saturated rings. The fourth-order valence-electron chi connectivity index (χ4n) is 1.19. The summed E-state index contributed by atoms with van der Waals surface area (Å²) >= 11 is 6.78. The molecule has 0 radical (unpaired) electrons. The first kappa shape index (κ1) is 10.3. The van der Waals surface area contributed by atoms with Gasteiger partial charge in [-0.05, 0) is 18.2 Å². The van der Waals surface area contributed by atoms with Crippen molar-refractivity contribution in [1.29, 1.82) is 0 Å². The Hall–Kier alpha value is -1.20. The molecule has 6 heteroatoms. The van der Waals surface area contributed by atoms with Gasteiger partial charge >= 0.3 is 0 Å². The first-order chi connectivity index (χ1) is 7.22. The molecule has 0 atom stereocenters. The molecule has 0 bridgehead atoms. The fourth-order valence-corrected chi connectivity index (χ4v) is 1.94. The van der Waals surface area contributed by atoms with E-state index in [9.17, 15) is 4.39 Å². The van der Waals surface area contributed by atoms with Crippen LogP contribution >= 0.6 is 23.3 Å². The van der Waals surface area contributed by atoms with E-state index in [1.807, 2.05) is 0 Å². The Morgan fingerprint density at radius 3 is 2.87 bits per heavy atom. The molecule has 2 aromatic rings. The van der Waals surface area contributed by atoms with Crippen LogP contribution in [-0.2, 0) is 0 Å². The minimum absolute atomic E-state index is 0.0857. The minimum atomic E-state index is -0.436. The average Bonchev–Trinajstić information content (AvgIpc) is 2.70. The van der Waals surface area contributed by atoms with Gasteiger partial charge in [-0.15, -0.1) is 0 Å². The molecule has 0 spiro atoms. The van der Waals surface area contributed by atoms with Gasteiger partial charge in [-0.25, -0.2) is 4.39 Å². The maximum atomic E-state index is 12.9. The number of nitrogens with one attached hydrogen (secondary N) is 1. The summed E-state index contributed by atoms with van der Waals surface area (Å²) in [5.74, 6) is 0.234. The highest BCUT2D eigenvalue weighted by molar-refractivity contribution is 6.99. The van der Waals surface area contributed by atoms with Crippen LogP contribution in [0.4, 0.5) is 10.2 Å². The molecule has 1 aromatic heterocycles. The van der Waals surface area contributed by atoms with Gasteiger partial charge in [-0.3, -0.25) is 0 Å². The van der Waals surface area contributed by atoms with E-state index >= 15 is 0 Å². The summed E-state index contributed by atoms with van der Waals surface area (Å²) in [6.07, 6.45) is 0. The second-order valence-electron chi connectivity index (χ2n) is 2.84. The Bertz CT molecular complexity index is 486. The number of nitrogens with zero attached hydrogens (tertiary/aromatic N) is 2. The van der Waals surface area contributed by atoms with Crippen molar-refractivity contribution in [3.63, 3.8) is 0 Å². The van der Waals surface area contributed by atoms with Gasteiger partial charge in [-0.2, -0.15) is 8.75 Å². The number of hydrogen-bond acceptors (Lipinski definition) is 4. The zero-order valence-electron chi connectivity index (χ0n) is 7.79. The quantitative estimate of drug-likeness (QED) is 0.881. The summed E-state index contributed by atoms with van der Waals surface area (Å²) in [4.78, 5) is 0. The lowest BCUT2D eigenvalue weighted by atomic mass is 10.1. The van der Waals surface area contributed by atoms with Gasteiger partial charge in [0.15, 0.2) is 5.82 Å². The van der Waals surface area contributed by atoms with Gasteiger partial charge in [-0.1, -0.05) is 11.6 Å². The Labute approximate surface area is 95.2 Å². The molecule has 0 aliphatic rings. The molecule has 3 nitrogen and oxygen atoms in total. The second-order valence-corrected chi connectivity index (χ2v) is 3.78. The minimum Gasteiger partial charge on any atom is -0.370 e. The van der Waals surface area contributed by atoms with Crippen LogP contribution in [0.25, 0.3) is 11.3 Å². The first-order valence-electron chi connectivity index (χ1n) is 4.18. The van der Waals surface area contributed by atoms with E-state index in [4.69, 9.17) is 11.6 Å². The van der Waals surface area contributed by atoms with Crippen LogP contribution in [0.3, 0.4) is 0 Å². The Balaban J connectivity index is 2.50. The van der Waals surface area contributed by atoms with E-state index in [0.29, 0.717) is 11.5 Å². The normalized spacial score (nSPS) is 10.3. The molecule has 0 saturated carbocycles. The van der Waals surface area contributed by atoms with Crippen molar-refractivity contribution in [2.45, 2.75) is 0 Å². The lowest BCUT2D eigenvalue weighted by molar-refractivity contribution is 0.628. The third kappa shape index (κ3) is 1.93. The van der Waals surface area contributed by atoms with Gasteiger partial charge in [0.05, 0.1) is 16.8 Å². The van der Waals surface area contributed by atoms with Crippen LogP contribution in [0.15, 0.2) is 18.2 Å². The Kier molecular flexibility index (Phi) is 2.83. The molecule has 0 saturated heterocycles. The van der Waals surface area contributed by atoms with Crippen molar-refractivity contribution in [3.8, 4) is 11.3 Å². The van der Waals surface area contributed by atoms with Gasteiger partial charge in [0.2, 0.25) is 0 Å². The van der Waals surface area contributed by atoms with Crippen LogP contribution in [0.5, 0.6) is 0 Å². The summed E-state index contributed by atoms with van der Waals surface area (Å²) in [7, 11) is 1.76. The van der Waals surface area contributed by atoms with Gasteiger partial charge < -0.3 is 5.32 Å². The maximum absolute atomic E-state index is 12.9. The molecule has 0 aliphatic carbocycles. The summed E-state index contributed by atoms with van der Waals surface area (Å²) < 4.78 is 21.1. The molecular weight excluding hydrogens is 237 g/mol. The Morgan fingerprint density at radius 1 is 1.40 bits per heavy atom. The molecule has 15 heavy (non-hydrogen) atoms. The Morgan fingerprint density at radius 2 is 2.20 bits per heavy atom. The highest BCUT2D eigenvalue weighted by atomic mass is 35.5. The SMILES string of the molecule is CNc1nsnc1-c1ccc(F)c(Cl)c1. The van der Waals surface area contributed by atoms with E-state index in [1.54, 1.807) is 13.1 Å². The lowest BCUT2D eigenvalue weighted by Gasteiger charge is -2.01. The number of aromatic nitrogens is 2. The molecular formula is C9H7ClFN3S. The van der Waals surface area contributed by atoms with E-state index in [2.05, 4.69) is 14.1 Å². The van der Waals surface area contributed by atoms with Crippen LogP contribution in [-0.4, -0.2) is 15.8 Å². The lowest BCUT2D eigenvalue weighted by Crippen LogP contribution is -1.91. The average molecular weight is 244 g/mol. The summed E-state index contributed by atoms with van der Waals surface area (Å²) in [5.41, 5.74) is 1.43. The van der Waals surface area contributed by atoms with Crippen molar-refractivity contribution in [3.05, 3.63) is 29.0 Å². The fraction of sp³-hybridized carbons (Fsp3) is 0.111. The van der Waals surface area contributed by atoms with Crippen molar-refractivity contribution in [2.24, 2.45) is 0 Å². The summed E-state index contributed by atoms with van der Waals surface area (Å²) in [6, 6.07) is 4.48. The highest BCUT2D eigenvalue weighted by Crippen LogP contribution is 2.28. The third-order valence-corrected chi connectivity index (χ3v) is 2.74. The number of benzene rings is 1. The highest BCUT2D eigenvalue weighted by Gasteiger charge is 2.10. The van der Waals surface area contributed by atoms with Crippen molar-refractivity contribution in [1.82, 2.24) is 8.75 Å². The smallest absolute Gasteiger partial charge is 0.167 e. The topological polar surface area (TPSA) is 37.8 Å². The van der Waals surface area contributed by atoms with Gasteiger partial charge in [0, 0.05) is 12.6 Å². The molecule has 1 heterocycles. The van der Waals surface area contributed by atoms with Crippen LogP contribution in [0.1, 0.15) is 0 Å². The number of halogens is 2. The second kappa shape index (κ2) is 4.12. The van der Waals surface area contributed by atoms with Crippen molar-refractivity contribution in [2.75, 3.05) is 12.4 Å². The monoisotopic (exact) mass is 243 g/mol. The first-order valence-corrected chi connectivity index (χ1v) is 5.29. The summed E-state index contributed by atoms with van der Waals surface area (Å²) in [6.45, 7) is 0. The zero-order valence-corrected chi connectivity index (χ0v) is 9.36. The zero-order chi connectivity index (χ0) is 10.8.